The minimum Gasteiger partial charge on any atom is -0.350 e. The van der Waals surface area contributed by atoms with Gasteiger partial charge in [0.15, 0.2) is 0 Å². The van der Waals surface area contributed by atoms with E-state index in [4.69, 9.17) is 11.6 Å². The van der Waals surface area contributed by atoms with Crippen molar-refractivity contribution in [3.63, 3.8) is 0 Å². The topological polar surface area (TPSA) is 70.2 Å². The van der Waals surface area contributed by atoms with Crippen LogP contribution in [0, 0.1) is 0 Å². The molecule has 1 aromatic rings. The van der Waals surface area contributed by atoms with E-state index in [1.54, 1.807) is 31.2 Å². The Balaban J connectivity index is 1.86. The molecule has 0 spiro atoms. The number of nitrogens with one attached hydrogen (secondary N) is 3. The first-order valence-electron chi connectivity index (χ1n) is 6.64. The Morgan fingerprint density at radius 2 is 2.05 bits per heavy atom. The smallest absolute Gasteiger partial charge is 0.251 e. The summed E-state index contributed by atoms with van der Waals surface area (Å²) in [6, 6.07) is 6.12. The largest absolute Gasteiger partial charge is 0.350 e. The van der Waals surface area contributed by atoms with Crippen LogP contribution in [0.5, 0.6) is 0 Å². The second-order valence-electron chi connectivity index (χ2n) is 4.90. The van der Waals surface area contributed by atoms with Crippen LogP contribution in [0.15, 0.2) is 24.3 Å². The fourth-order valence-electron chi connectivity index (χ4n) is 2.05. The van der Waals surface area contributed by atoms with E-state index in [1.807, 2.05) is 0 Å². The van der Waals surface area contributed by atoms with Crippen molar-refractivity contribution in [2.24, 2.45) is 0 Å². The van der Waals surface area contributed by atoms with Crippen LogP contribution in [0.1, 0.15) is 23.7 Å². The van der Waals surface area contributed by atoms with Gasteiger partial charge in [-0.2, -0.15) is 0 Å². The fourth-order valence-corrected chi connectivity index (χ4v) is 2.18. The maximum absolute atomic E-state index is 12.0. The van der Waals surface area contributed by atoms with Gasteiger partial charge < -0.3 is 16.0 Å². The normalized spacial score (nSPS) is 19.4. The molecule has 108 valence electrons. The molecular formula is C14H18ClN3O2. The molecule has 2 unspecified atom stereocenters. The van der Waals surface area contributed by atoms with Gasteiger partial charge in [-0.05, 0) is 44.2 Å². The molecule has 2 atom stereocenters. The number of amides is 2. The first kappa shape index (κ1) is 14.8. The van der Waals surface area contributed by atoms with E-state index in [0.717, 1.165) is 19.5 Å². The summed E-state index contributed by atoms with van der Waals surface area (Å²) >= 11 is 5.77. The van der Waals surface area contributed by atoms with Gasteiger partial charge in [-0.15, -0.1) is 0 Å². The first-order valence-corrected chi connectivity index (χ1v) is 7.01. The number of hydrogen-bond donors (Lipinski definition) is 3. The summed E-state index contributed by atoms with van der Waals surface area (Å²) in [5.41, 5.74) is 0.483. The van der Waals surface area contributed by atoms with Crippen molar-refractivity contribution in [2.75, 3.05) is 13.1 Å². The van der Waals surface area contributed by atoms with Crippen molar-refractivity contribution < 1.29 is 9.59 Å². The van der Waals surface area contributed by atoms with Crippen LogP contribution >= 0.6 is 11.6 Å². The van der Waals surface area contributed by atoms with E-state index >= 15 is 0 Å². The van der Waals surface area contributed by atoms with Crippen LogP contribution in [0.2, 0.25) is 5.02 Å². The number of carbonyl (C=O) groups excluding carboxylic acids is 2. The number of carbonyl (C=O) groups is 2. The highest BCUT2D eigenvalue weighted by atomic mass is 35.5. The molecule has 3 N–H and O–H groups in total. The third kappa shape index (κ3) is 3.95. The Kier molecular flexibility index (Phi) is 4.98. The van der Waals surface area contributed by atoms with Crippen LogP contribution < -0.4 is 16.0 Å². The minimum atomic E-state index is -0.571. The lowest BCUT2D eigenvalue weighted by Gasteiger charge is -2.17. The van der Waals surface area contributed by atoms with Crippen molar-refractivity contribution in [2.45, 2.75) is 25.4 Å². The van der Waals surface area contributed by atoms with Crippen LogP contribution in [-0.2, 0) is 4.79 Å². The predicted octanol–water partition coefficient (Wildman–Crippen LogP) is 0.936. The maximum Gasteiger partial charge on any atom is 0.251 e. The quantitative estimate of drug-likeness (QED) is 0.774. The van der Waals surface area contributed by atoms with Gasteiger partial charge in [-0.25, -0.2) is 0 Å². The summed E-state index contributed by atoms with van der Waals surface area (Å²) in [6.07, 6.45) is 0.920. The van der Waals surface area contributed by atoms with Crippen molar-refractivity contribution in [1.29, 1.82) is 0 Å². The summed E-state index contributed by atoms with van der Waals surface area (Å²) in [6.45, 7) is 3.37. The summed E-state index contributed by atoms with van der Waals surface area (Å²) in [4.78, 5) is 23.9. The highest BCUT2D eigenvalue weighted by molar-refractivity contribution is 6.30. The van der Waals surface area contributed by atoms with Gasteiger partial charge in [-0.3, -0.25) is 9.59 Å². The molecule has 1 saturated heterocycles. The Morgan fingerprint density at radius 3 is 2.65 bits per heavy atom. The lowest BCUT2D eigenvalue weighted by molar-refractivity contribution is -0.123. The van der Waals surface area contributed by atoms with Gasteiger partial charge in [-0.1, -0.05) is 11.6 Å². The summed E-state index contributed by atoms with van der Waals surface area (Å²) in [5.74, 6) is -0.449. The van der Waals surface area contributed by atoms with Crippen molar-refractivity contribution >= 4 is 23.4 Å². The number of hydrogen-bond acceptors (Lipinski definition) is 3. The average molecular weight is 296 g/mol. The Labute approximate surface area is 123 Å². The molecule has 0 aromatic heterocycles. The van der Waals surface area contributed by atoms with E-state index < -0.39 is 6.04 Å². The highest BCUT2D eigenvalue weighted by Crippen LogP contribution is 2.09. The molecular weight excluding hydrogens is 278 g/mol. The fraction of sp³-hybridized carbons (Fsp3) is 0.429. The van der Waals surface area contributed by atoms with E-state index in [0.29, 0.717) is 10.6 Å². The number of halogens is 1. The predicted molar refractivity (Wildman–Crippen MR) is 77.8 cm³/mol. The molecule has 0 aliphatic carbocycles. The zero-order valence-electron chi connectivity index (χ0n) is 11.3. The van der Waals surface area contributed by atoms with Crippen LogP contribution in [0.3, 0.4) is 0 Å². The molecule has 0 radical (unpaired) electrons. The minimum absolute atomic E-state index is 0.150. The first-order chi connectivity index (χ1) is 9.56. The summed E-state index contributed by atoms with van der Waals surface area (Å²) in [7, 11) is 0. The van der Waals surface area contributed by atoms with Crippen LogP contribution in [0.4, 0.5) is 0 Å². The van der Waals surface area contributed by atoms with Crippen molar-refractivity contribution in [1.82, 2.24) is 16.0 Å². The highest BCUT2D eigenvalue weighted by Gasteiger charge is 2.21. The molecule has 1 fully saturated rings. The molecule has 1 aromatic carbocycles. The molecule has 2 amide bonds. The standard InChI is InChI=1S/C14H18ClN3O2/c1-9(13(19)18-12-6-7-16-8-12)17-14(20)10-2-4-11(15)5-3-10/h2-5,9,12,16H,6-8H2,1H3,(H,17,20)(H,18,19). The van der Waals surface area contributed by atoms with Gasteiger partial charge in [0, 0.05) is 23.2 Å². The molecule has 1 heterocycles. The molecule has 6 heteroatoms. The third-order valence-electron chi connectivity index (χ3n) is 3.25. The molecule has 1 aliphatic rings. The Hall–Kier alpha value is -1.59. The van der Waals surface area contributed by atoms with Gasteiger partial charge in [0.25, 0.3) is 5.91 Å². The van der Waals surface area contributed by atoms with E-state index in [9.17, 15) is 9.59 Å². The molecule has 0 bridgehead atoms. The monoisotopic (exact) mass is 295 g/mol. The van der Waals surface area contributed by atoms with Crippen LogP contribution in [0.25, 0.3) is 0 Å². The van der Waals surface area contributed by atoms with Crippen molar-refractivity contribution in [3.05, 3.63) is 34.9 Å². The summed E-state index contributed by atoms with van der Waals surface area (Å²) in [5, 5.41) is 9.33. The number of rotatable bonds is 4. The maximum atomic E-state index is 12.0. The van der Waals surface area contributed by atoms with E-state index in [1.165, 1.54) is 0 Å². The Morgan fingerprint density at radius 1 is 1.35 bits per heavy atom. The zero-order valence-corrected chi connectivity index (χ0v) is 12.0. The molecule has 2 rings (SSSR count). The zero-order chi connectivity index (χ0) is 14.5. The molecule has 0 saturated carbocycles. The third-order valence-corrected chi connectivity index (χ3v) is 3.51. The van der Waals surface area contributed by atoms with E-state index in [2.05, 4.69) is 16.0 Å². The Bertz CT molecular complexity index is 484. The van der Waals surface area contributed by atoms with E-state index in [-0.39, 0.29) is 17.9 Å². The lowest BCUT2D eigenvalue weighted by atomic mass is 10.2. The SMILES string of the molecule is CC(NC(=O)c1ccc(Cl)cc1)C(=O)NC1CCNC1. The molecule has 1 aliphatic heterocycles. The lowest BCUT2D eigenvalue weighted by Crippen LogP contribution is -2.48. The summed E-state index contributed by atoms with van der Waals surface area (Å²) < 4.78 is 0. The van der Waals surface area contributed by atoms with Crippen molar-refractivity contribution in [3.8, 4) is 0 Å². The average Bonchev–Trinajstić information content (AvgIpc) is 2.92. The van der Waals surface area contributed by atoms with Gasteiger partial charge in [0.1, 0.15) is 6.04 Å². The van der Waals surface area contributed by atoms with Gasteiger partial charge >= 0.3 is 0 Å². The molecule has 5 nitrogen and oxygen atoms in total. The van der Waals surface area contributed by atoms with Gasteiger partial charge in [0.2, 0.25) is 5.91 Å². The second-order valence-corrected chi connectivity index (χ2v) is 5.34. The van der Waals surface area contributed by atoms with Crippen LogP contribution in [-0.4, -0.2) is 37.0 Å². The van der Waals surface area contributed by atoms with Gasteiger partial charge in [0.05, 0.1) is 0 Å². The number of benzene rings is 1. The molecule has 20 heavy (non-hydrogen) atoms. The second kappa shape index (κ2) is 6.72.